The van der Waals surface area contributed by atoms with Gasteiger partial charge in [-0.05, 0) is 28.5 Å². The highest BCUT2D eigenvalue weighted by atomic mass is 31.1. The van der Waals surface area contributed by atoms with Gasteiger partial charge in [-0.1, -0.05) is 59.0 Å². The summed E-state index contributed by atoms with van der Waals surface area (Å²) >= 11 is 0. The Morgan fingerprint density at radius 2 is 1.71 bits per heavy atom. The Morgan fingerprint density at radius 3 is 2.29 bits per heavy atom. The molecule has 0 saturated heterocycles. The van der Waals surface area contributed by atoms with Crippen LogP contribution in [-0.4, -0.2) is 23.3 Å². The predicted molar refractivity (Wildman–Crippen MR) is 75.8 cm³/mol. The first-order valence-corrected chi connectivity index (χ1v) is 7.72. The summed E-state index contributed by atoms with van der Waals surface area (Å²) < 4.78 is 0. The van der Waals surface area contributed by atoms with Crippen molar-refractivity contribution in [1.82, 2.24) is 0 Å². The summed E-state index contributed by atoms with van der Waals surface area (Å²) in [6.45, 7) is 6.75. The van der Waals surface area contributed by atoms with E-state index in [1.807, 2.05) is 24.3 Å². The van der Waals surface area contributed by atoms with Crippen molar-refractivity contribution in [3.05, 3.63) is 42.0 Å². The largest absolute Gasteiger partial charge is 0.294 e. The van der Waals surface area contributed by atoms with Gasteiger partial charge in [0.2, 0.25) is 0 Å². The van der Waals surface area contributed by atoms with Crippen molar-refractivity contribution in [3.8, 4) is 0 Å². The second-order valence-corrected chi connectivity index (χ2v) is 8.58. The highest BCUT2D eigenvalue weighted by Crippen LogP contribution is 2.53. The lowest BCUT2D eigenvalue weighted by Gasteiger charge is -2.34. The van der Waals surface area contributed by atoms with E-state index in [4.69, 9.17) is 0 Å². The third-order valence-electron chi connectivity index (χ3n) is 3.14. The maximum Gasteiger partial charge on any atom is 0.160 e. The van der Waals surface area contributed by atoms with Gasteiger partial charge in [-0.15, -0.1) is 0 Å². The Balaban J connectivity index is 2.28. The molecule has 0 radical (unpaired) electrons. The molecule has 1 aliphatic heterocycles. The topological polar surface area (TPSA) is 17.1 Å². The average Bonchev–Trinajstić information content (AvgIpc) is 2.28. The van der Waals surface area contributed by atoms with Crippen LogP contribution in [0.2, 0.25) is 0 Å². The molecule has 0 bridgehead atoms. The van der Waals surface area contributed by atoms with Crippen molar-refractivity contribution in [2.24, 2.45) is 0 Å². The number of carbonyl (C=O) groups is 1. The first-order chi connectivity index (χ1) is 7.97. The van der Waals surface area contributed by atoms with Crippen molar-refractivity contribution in [3.63, 3.8) is 0 Å². The summed E-state index contributed by atoms with van der Waals surface area (Å²) in [6.07, 6.45) is 3.68. The standard InChI is InChI=1S/C15H19OP/c1-15(2,3)17-10-13(9-14(16)11-17)12-7-5-4-6-8-12/h4-9H,10-11H2,1-3H3. The van der Waals surface area contributed by atoms with Crippen LogP contribution in [0.4, 0.5) is 0 Å². The van der Waals surface area contributed by atoms with E-state index in [9.17, 15) is 4.79 Å². The number of carbonyl (C=O) groups excluding carboxylic acids is 1. The molecule has 0 spiro atoms. The maximum absolute atomic E-state index is 11.8. The molecule has 2 rings (SSSR count). The molecular weight excluding hydrogens is 227 g/mol. The first kappa shape index (κ1) is 12.5. The average molecular weight is 246 g/mol. The molecule has 1 nitrogen and oxygen atoms in total. The quantitative estimate of drug-likeness (QED) is 0.686. The van der Waals surface area contributed by atoms with Crippen LogP contribution >= 0.6 is 7.92 Å². The third kappa shape index (κ3) is 3.04. The summed E-state index contributed by atoms with van der Waals surface area (Å²) in [7, 11) is -0.233. The fraction of sp³-hybridized carbons (Fsp3) is 0.400. The normalized spacial score (nSPS) is 21.2. The van der Waals surface area contributed by atoms with Crippen LogP contribution in [0.3, 0.4) is 0 Å². The minimum Gasteiger partial charge on any atom is -0.294 e. The fourth-order valence-corrected chi connectivity index (χ4v) is 4.25. The van der Waals surface area contributed by atoms with E-state index in [-0.39, 0.29) is 13.1 Å². The van der Waals surface area contributed by atoms with Gasteiger partial charge in [-0.3, -0.25) is 4.79 Å². The Morgan fingerprint density at radius 1 is 1.06 bits per heavy atom. The molecule has 1 aliphatic rings. The molecule has 1 atom stereocenters. The molecular formula is C15H19OP. The number of hydrogen-bond acceptors (Lipinski definition) is 1. The summed E-state index contributed by atoms with van der Waals surface area (Å²) in [4.78, 5) is 11.8. The first-order valence-electron chi connectivity index (χ1n) is 6.01. The Bertz CT molecular complexity index is 440. The zero-order chi connectivity index (χ0) is 12.5. The van der Waals surface area contributed by atoms with Gasteiger partial charge in [-0.2, -0.15) is 0 Å². The predicted octanol–water partition coefficient (Wildman–Crippen LogP) is 3.93. The molecule has 1 aromatic rings. The van der Waals surface area contributed by atoms with Crippen molar-refractivity contribution in [2.75, 3.05) is 12.3 Å². The summed E-state index contributed by atoms with van der Waals surface area (Å²) in [5.74, 6) is 0.302. The molecule has 0 aliphatic carbocycles. The zero-order valence-electron chi connectivity index (χ0n) is 10.7. The lowest BCUT2D eigenvalue weighted by Crippen LogP contribution is -2.22. The zero-order valence-corrected chi connectivity index (χ0v) is 11.6. The van der Waals surface area contributed by atoms with Gasteiger partial charge in [0.15, 0.2) is 5.78 Å². The van der Waals surface area contributed by atoms with Crippen molar-refractivity contribution < 1.29 is 4.79 Å². The van der Waals surface area contributed by atoms with Crippen LogP contribution in [-0.2, 0) is 4.79 Å². The summed E-state index contributed by atoms with van der Waals surface area (Å²) in [6, 6.07) is 10.3. The van der Waals surface area contributed by atoms with Gasteiger partial charge in [0, 0.05) is 6.16 Å². The molecule has 2 heteroatoms. The summed E-state index contributed by atoms with van der Waals surface area (Å²) in [5.41, 5.74) is 2.43. The summed E-state index contributed by atoms with van der Waals surface area (Å²) in [5, 5.41) is 0.263. The lowest BCUT2D eigenvalue weighted by atomic mass is 10.1. The van der Waals surface area contributed by atoms with Gasteiger partial charge in [0.25, 0.3) is 0 Å². The highest BCUT2D eigenvalue weighted by molar-refractivity contribution is 7.61. The Labute approximate surface area is 105 Å². The van der Waals surface area contributed by atoms with E-state index >= 15 is 0 Å². The molecule has 1 heterocycles. The number of ketones is 1. The minimum atomic E-state index is -0.233. The molecule has 1 aromatic carbocycles. The maximum atomic E-state index is 11.8. The van der Waals surface area contributed by atoms with Crippen LogP contribution in [0.5, 0.6) is 0 Å². The SMILES string of the molecule is CC(C)(C)P1CC(=O)C=C(c2ccccc2)C1. The smallest absolute Gasteiger partial charge is 0.160 e. The van der Waals surface area contributed by atoms with Gasteiger partial charge in [-0.25, -0.2) is 0 Å². The van der Waals surface area contributed by atoms with Gasteiger partial charge in [0.1, 0.15) is 0 Å². The monoisotopic (exact) mass is 246 g/mol. The minimum absolute atomic E-state index is 0.233. The van der Waals surface area contributed by atoms with E-state index in [0.717, 1.165) is 12.3 Å². The van der Waals surface area contributed by atoms with Crippen molar-refractivity contribution in [1.29, 1.82) is 0 Å². The molecule has 0 N–H and O–H groups in total. The van der Waals surface area contributed by atoms with E-state index in [0.29, 0.717) is 5.78 Å². The number of hydrogen-bond donors (Lipinski definition) is 0. The van der Waals surface area contributed by atoms with Gasteiger partial charge >= 0.3 is 0 Å². The Hall–Kier alpha value is -0.940. The van der Waals surface area contributed by atoms with E-state index in [2.05, 4.69) is 32.9 Å². The molecule has 0 saturated carbocycles. The van der Waals surface area contributed by atoms with Crippen LogP contribution in [0.1, 0.15) is 26.3 Å². The van der Waals surface area contributed by atoms with E-state index in [1.54, 1.807) is 0 Å². The van der Waals surface area contributed by atoms with Crippen LogP contribution in [0.15, 0.2) is 36.4 Å². The fourth-order valence-electron chi connectivity index (χ4n) is 2.04. The number of rotatable bonds is 1. The van der Waals surface area contributed by atoms with Crippen LogP contribution in [0, 0.1) is 0 Å². The third-order valence-corrected chi connectivity index (χ3v) is 6.45. The van der Waals surface area contributed by atoms with E-state index < -0.39 is 0 Å². The molecule has 17 heavy (non-hydrogen) atoms. The molecule has 1 unspecified atom stereocenters. The van der Waals surface area contributed by atoms with Crippen molar-refractivity contribution in [2.45, 2.75) is 25.9 Å². The number of allylic oxidation sites excluding steroid dienone is 2. The second kappa shape index (κ2) is 4.74. The number of benzene rings is 1. The molecule has 90 valence electrons. The second-order valence-electron chi connectivity index (χ2n) is 5.53. The molecule has 0 amide bonds. The lowest BCUT2D eigenvalue weighted by molar-refractivity contribution is -0.112. The molecule has 0 fully saturated rings. The van der Waals surface area contributed by atoms with Crippen LogP contribution in [0.25, 0.3) is 5.57 Å². The van der Waals surface area contributed by atoms with Crippen molar-refractivity contribution >= 4 is 19.3 Å². The highest BCUT2D eigenvalue weighted by Gasteiger charge is 2.29. The molecule has 0 aromatic heterocycles. The van der Waals surface area contributed by atoms with E-state index in [1.165, 1.54) is 11.1 Å². The van der Waals surface area contributed by atoms with Crippen LogP contribution < -0.4 is 0 Å². The van der Waals surface area contributed by atoms with Gasteiger partial charge in [0.05, 0.1) is 0 Å². The van der Waals surface area contributed by atoms with Gasteiger partial charge < -0.3 is 0 Å². The Kier molecular flexibility index (Phi) is 3.49.